The van der Waals surface area contributed by atoms with Crippen molar-refractivity contribution in [3.05, 3.63) is 35.9 Å². The van der Waals surface area contributed by atoms with E-state index in [1.807, 2.05) is 30.3 Å². The maximum absolute atomic E-state index is 11.8. The molecule has 124 valence electrons. The Hall–Kier alpha value is -1.31. The van der Waals surface area contributed by atoms with Crippen molar-refractivity contribution in [3.8, 4) is 0 Å². The van der Waals surface area contributed by atoms with Gasteiger partial charge in [-0.3, -0.25) is 9.79 Å². The average molecular weight is 418 g/mol. The van der Waals surface area contributed by atoms with Crippen molar-refractivity contribution in [2.45, 2.75) is 32.7 Å². The molecule has 22 heavy (non-hydrogen) atoms. The summed E-state index contributed by atoms with van der Waals surface area (Å²) in [5, 5.41) is 9.43. The van der Waals surface area contributed by atoms with E-state index in [-0.39, 0.29) is 29.9 Å². The number of hydrogen-bond donors (Lipinski definition) is 3. The van der Waals surface area contributed by atoms with Crippen molar-refractivity contribution in [3.63, 3.8) is 0 Å². The van der Waals surface area contributed by atoms with E-state index < -0.39 is 0 Å². The molecule has 0 aliphatic heterocycles. The molecule has 1 atom stereocenters. The Morgan fingerprint density at radius 1 is 1.18 bits per heavy atom. The lowest BCUT2D eigenvalue weighted by atomic mass is 10.2. The topological polar surface area (TPSA) is 65.5 Å². The molecular formula is C16H27IN4O. The number of nitrogens with zero attached hydrogens (tertiary/aromatic N) is 1. The molecule has 0 aliphatic rings. The first-order valence-electron chi connectivity index (χ1n) is 7.47. The summed E-state index contributed by atoms with van der Waals surface area (Å²) in [7, 11) is 1.76. The molecule has 3 N–H and O–H groups in total. The van der Waals surface area contributed by atoms with E-state index in [1.54, 1.807) is 7.05 Å². The lowest BCUT2D eigenvalue weighted by Gasteiger charge is -2.16. The van der Waals surface area contributed by atoms with E-state index in [9.17, 15) is 4.79 Å². The van der Waals surface area contributed by atoms with Gasteiger partial charge in [0.25, 0.3) is 5.91 Å². The number of amides is 1. The highest BCUT2D eigenvalue weighted by Crippen LogP contribution is 1.97. The number of benzene rings is 1. The Morgan fingerprint density at radius 2 is 1.82 bits per heavy atom. The fourth-order valence-corrected chi connectivity index (χ4v) is 1.72. The fourth-order valence-electron chi connectivity index (χ4n) is 1.72. The second-order valence-corrected chi connectivity index (χ2v) is 4.93. The second-order valence-electron chi connectivity index (χ2n) is 4.93. The summed E-state index contributed by atoms with van der Waals surface area (Å²) in [4.78, 5) is 16.0. The molecule has 0 aliphatic carbocycles. The molecule has 1 aromatic rings. The molecule has 0 saturated heterocycles. The van der Waals surface area contributed by atoms with Gasteiger partial charge in [-0.05, 0) is 31.9 Å². The standard InChI is InChI=1S/C16H26N4O.HI/c1-4-13(2)20-16(17-3)19-12-8-11-18-15(21)14-9-6-5-7-10-14;/h5-7,9-10,13H,4,8,11-12H2,1-3H3,(H,18,21)(H2,17,19,20);1H. The first-order valence-corrected chi connectivity index (χ1v) is 7.47. The summed E-state index contributed by atoms with van der Waals surface area (Å²) in [5.41, 5.74) is 0.694. The van der Waals surface area contributed by atoms with Gasteiger partial charge in [0.05, 0.1) is 0 Å². The van der Waals surface area contributed by atoms with Crippen LogP contribution in [0.3, 0.4) is 0 Å². The first kappa shape index (κ1) is 20.7. The van der Waals surface area contributed by atoms with Crippen LogP contribution in [0.2, 0.25) is 0 Å². The highest BCUT2D eigenvalue weighted by atomic mass is 127. The molecule has 0 aromatic heterocycles. The number of nitrogens with one attached hydrogen (secondary N) is 3. The molecule has 1 rings (SSSR count). The number of guanidine groups is 1. The molecule has 1 unspecified atom stereocenters. The number of aliphatic imine (C=N–C) groups is 1. The van der Waals surface area contributed by atoms with Crippen molar-refractivity contribution in [2.24, 2.45) is 4.99 Å². The first-order chi connectivity index (χ1) is 10.2. The molecule has 0 heterocycles. The monoisotopic (exact) mass is 418 g/mol. The fraction of sp³-hybridized carbons (Fsp3) is 0.500. The van der Waals surface area contributed by atoms with E-state index in [0.29, 0.717) is 18.2 Å². The zero-order valence-electron chi connectivity index (χ0n) is 13.6. The van der Waals surface area contributed by atoms with Crippen LogP contribution in [-0.4, -0.2) is 38.0 Å². The highest BCUT2D eigenvalue weighted by Gasteiger charge is 2.04. The Kier molecular flexibility index (Phi) is 11.5. The smallest absolute Gasteiger partial charge is 0.251 e. The Morgan fingerprint density at radius 3 is 2.41 bits per heavy atom. The summed E-state index contributed by atoms with van der Waals surface area (Å²) in [6, 6.07) is 9.64. The third-order valence-electron chi connectivity index (χ3n) is 3.19. The van der Waals surface area contributed by atoms with Crippen LogP contribution in [0.1, 0.15) is 37.0 Å². The molecule has 1 aromatic carbocycles. The maximum atomic E-state index is 11.8. The molecule has 0 radical (unpaired) electrons. The minimum Gasteiger partial charge on any atom is -0.356 e. The van der Waals surface area contributed by atoms with E-state index in [4.69, 9.17) is 0 Å². The predicted octanol–water partition coefficient (Wildman–Crippen LogP) is 2.39. The largest absolute Gasteiger partial charge is 0.356 e. The molecular weight excluding hydrogens is 391 g/mol. The minimum absolute atomic E-state index is 0. The zero-order chi connectivity index (χ0) is 15.5. The number of rotatable bonds is 7. The highest BCUT2D eigenvalue weighted by molar-refractivity contribution is 14.0. The molecule has 6 heteroatoms. The van der Waals surface area contributed by atoms with Crippen LogP contribution < -0.4 is 16.0 Å². The zero-order valence-corrected chi connectivity index (χ0v) is 15.9. The van der Waals surface area contributed by atoms with Gasteiger partial charge in [-0.1, -0.05) is 25.1 Å². The van der Waals surface area contributed by atoms with Gasteiger partial charge >= 0.3 is 0 Å². The molecule has 0 bridgehead atoms. The molecule has 1 amide bonds. The van der Waals surface area contributed by atoms with Gasteiger partial charge in [0.15, 0.2) is 5.96 Å². The number of carbonyl (C=O) groups is 1. The van der Waals surface area contributed by atoms with Gasteiger partial charge in [-0.2, -0.15) is 0 Å². The van der Waals surface area contributed by atoms with Gasteiger partial charge in [0.1, 0.15) is 0 Å². The number of halogens is 1. The van der Waals surface area contributed by atoms with Crippen molar-refractivity contribution in [1.82, 2.24) is 16.0 Å². The predicted molar refractivity (Wildman–Crippen MR) is 103 cm³/mol. The Labute approximate surface area is 150 Å². The maximum Gasteiger partial charge on any atom is 0.251 e. The van der Waals surface area contributed by atoms with Crippen molar-refractivity contribution >= 4 is 35.8 Å². The van der Waals surface area contributed by atoms with Gasteiger partial charge in [0, 0.05) is 31.7 Å². The summed E-state index contributed by atoms with van der Waals surface area (Å²) in [6.07, 6.45) is 1.90. The van der Waals surface area contributed by atoms with Crippen LogP contribution in [0.15, 0.2) is 35.3 Å². The quantitative estimate of drug-likeness (QED) is 0.276. The SMILES string of the molecule is CCC(C)NC(=NC)NCCCNC(=O)c1ccccc1.I. The summed E-state index contributed by atoms with van der Waals surface area (Å²) >= 11 is 0. The van der Waals surface area contributed by atoms with Crippen molar-refractivity contribution in [1.29, 1.82) is 0 Å². The van der Waals surface area contributed by atoms with Crippen LogP contribution in [0, 0.1) is 0 Å². The number of hydrogen-bond acceptors (Lipinski definition) is 2. The van der Waals surface area contributed by atoms with Gasteiger partial charge in [-0.25, -0.2) is 0 Å². The summed E-state index contributed by atoms with van der Waals surface area (Å²) in [6.45, 7) is 5.66. The Bertz CT molecular complexity index is 451. The van der Waals surface area contributed by atoms with Crippen LogP contribution in [0.25, 0.3) is 0 Å². The minimum atomic E-state index is -0.0299. The third-order valence-corrected chi connectivity index (χ3v) is 3.19. The van der Waals surface area contributed by atoms with Crippen molar-refractivity contribution in [2.75, 3.05) is 20.1 Å². The average Bonchev–Trinajstić information content (AvgIpc) is 2.53. The molecule has 0 fully saturated rings. The van der Waals surface area contributed by atoms with E-state index in [2.05, 4.69) is 34.8 Å². The van der Waals surface area contributed by atoms with Crippen LogP contribution in [0.4, 0.5) is 0 Å². The lowest BCUT2D eigenvalue weighted by Crippen LogP contribution is -2.42. The van der Waals surface area contributed by atoms with E-state index >= 15 is 0 Å². The van der Waals surface area contributed by atoms with Gasteiger partial charge < -0.3 is 16.0 Å². The molecule has 5 nitrogen and oxygen atoms in total. The normalized spacial score (nSPS) is 12.0. The molecule has 0 saturated carbocycles. The second kappa shape index (κ2) is 12.3. The Balaban J connectivity index is 0.00000441. The summed E-state index contributed by atoms with van der Waals surface area (Å²) in [5.74, 6) is 0.774. The van der Waals surface area contributed by atoms with Crippen LogP contribution in [-0.2, 0) is 0 Å². The van der Waals surface area contributed by atoms with Gasteiger partial charge in [-0.15, -0.1) is 24.0 Å². The lowest BCUT2D eigenvalue weighted by molar-refractivity contribution is 0.0953. The van der Waals surface area contributed by atoms with Crippen LogP contribution in [0.5, 0.6) is 0 Å². The third kappa shape index (κ3) is 8.21. The van der Waals surface area contributed by atoms with Gasteiger partial charge in [0.2, 0.25) is 0 Å². The van der Waals surface area contributed by atoms with E-state index in [1.165, 1.54) is 0 Å². The van der Waals surface area contributed by atoms with Crippen LogP contribution >= 0.6 is 24.0 Å². The number of carbonyl (C=O) groups excluding carboxylic acids is 1. The van der Waals surface area contributed by atoms with Crippen molar-refractivity contribution < 1.29 is 4.79 Å². The molecule has 0 spiro atoms. The van der Waals surface area contributed by atoms with E-state index in [0.717, 1.165) is 25.3 Å². The summed E-state index contributed by atoms with van der Waals surface area (Å²) < 4.78 is 0.